The number of hydrogen-bond acceptors (Lipinski definition) is 3. The zero-order valence-electron chi connectivity index (χ0n) is 9.47. The van der Waals surface area contributed by atoms with Gasteiger partial charge >= 0.3 is 11.9 Å². The first-order valence-electron chi connectivity index (χ1n) is 5.64. The molecule has 2 aliphatic rings. The molecule has 0 radical (unpaired) electrons. The third-order valence-electron chi connectivity index (χ3n) is 3.73. The lowest BCUT2D eigenvalue weighted by molar-refractivity contribution is -0.144. The summed E-state index contributed by atoms with van der Waals surface area (Å²) < 4.78 is 5.29. The highest BCUT2D eigenvalue weighted by molar-refractivity contribution is 5.87. The summed E-state index contributed by atoms with van der Waals surface area (Å²) in [5, 5.41) is 9.04. The number of hydrogen-bond donors (Lipinski definition) is 1. The minimum absolute atomic E-state index is 0.0504. The molecule has 0 spiro atoms. The normalized spacial score (nSPS) is 38.4. The maximum atomic E-state index is 11.4. The Morgan fingerprint density at radius 2 is 2.19 bits per heavy atom. The van der Waals surface area contributed by atoms with Crippen LogP contribution in [0.15, 0.2) is 11.6 Å². The maximum absolute atomic E-state index is 11.4. The molecule has 0 aromatic rings. The minimum Gasteiger partial charge on any atom is -0.478 e. The highest BCUT2D eigenvalue weighted by Gasteiger charge is 2.43. The van der Waals surface area contributed by atoms with Crippen LogP contribution in [-0.2, 0) is 14.3 Å². The van der Waals surface area contributed by atoms with Crippen molar-refractivity contribution < 1.29 is 19.4 Å². The summed E-state index contributed by atoms with van der Waals surface area (Å²) in [6.45, 7) is 3.73. The predicted molar refractivity (Wildman–Crippen MR) is 56.7 cm³/mol. The fourth-order valence-corrected chi connectivity index (χ4v) is 2.66. The molecule has 0 aromatic carbocycles. The molecule has 4 atom stereocenters. The van der Waals surface area contributed by atoms with Crippen LogP contribution in [0.2, 0.25) is 0 Å². The van der Waals surface area contributed by atoms with E-state index in [1.807, 2.05) is 13.8 Å². The van der Waals surface area contributed by atoms with Crippen molar-refractivity contribution >= 4 is 11.9 Å². The average molecular weight is 224 g/mol. The van der Waals surface area contributed by atoms with Gasteiger partial charge in [0.2, 0.25) is 0 Å². The van der Waals surface area contributed by atoms with Crippen LogP contribution in [0, 0.1) is 17.8 Å². The molecule has 2 rings (SSSR count). The standard InChI is InChI=1S/C12H16O4/c1-6-5-10-9(7(2)12(15)16-10)4-3-8(6)11(13)14/h3,6-7,9-10H,4-5H2,1-2H3,(H,13,14)/t6-,7-,9-,10-/m0/s1. The van der Waals surface area contributed by atoms with Gasteiger partial charge in [0.1, 0.15) is 6.10 Å². The van der Waals surface area contributed by atoms with Crippen LogP contribution in [0.1, 0.15) is 26.7 Å². The second-order valence-electron chi connectivity index (χ2n) is 4.76. The van der Waals surface area contributed by atoms with Crippen LogP contribution in [0.5, 0.6) is 0 Å². The third kappa shape index (κ3) is 1.72. The van der Waals surface area contributed by atoms with Crippen LogP contribution in [0.3, 0.4) is 0 Å². The lowest BCUT2D eigenvalue weighted by Gasteiger charge is -2.17. The van der Waals surface area contributed by atoms with Crippen molar-refractivity contribution in [2.24, 2.45) is 17.8 Å². The van der Waals surface area contributed by atoms with Gasteiger partial charge in [0.15, 0.2) is 0 Å². The fraction of sp³-hybridized carbons (Fsp3) is 0.667. The Kier molecular flexibility index (Phi) is 2.74. The van der Waals surface area contributed by atoms with Crippen LogP contribution in [0.4, 0.5) is 0 Å². The summed E-state index contributed by atoms with van der Waals surface area (Å²) in [4.78, 5) is 22.4. The minimum atomic E-state index is -0.855. The van der Waals surface area contributed by atoms with E-state index < -0.39 is 5.97 Å². The summed E-state index contributed by atoms with van der Waals surface area (Å²) in [5.41, 5.74) is 0.456. The zero-order valence-corrected chi connectivity index (χ0v) is 9.47. The van der Waals surface area contributed by atoms with Crippen molar-refractivity contribution in [3.63, 3.8) is 0 Å². The van der Waals surface area contributed by atoms with E-state index in [0.717, 1.165) is 0 Å². The van der Waals surface area contributed by atoms with E-state index in [4.69, 9.17) is 9.84 Å². The number of allylic oxidation sites excluding steroid dienone is 1. The zero-order chi connectivity index (χ0) is 11.9. The number of carboxylic acid groups (broad SMARTS) is 1. The van der Waals surface area contributed by atoms with Crippen LogP contribution in [0.25, 0.3) is 0 Å². The lowest BCUT2D eigenvalue weighted by Crippen LogP contribution is -2.20. The SMILES string of the molecule is C[C@@H]1C(=O)O[C@H]2C[C@H](C)C(C(=O)O)=CC[C@H]21. The number of carbonyl (C=O) groups excluding carboxylic acids is 1. The summed E-state index contributed by atoms with van der Waals surface area (Å²) in [7, 11) is 0. The van der Waals surface area contributed by atoms with Gasteiger partial charge in [0.25, 0.3) is 0 Å². The molecule has 16 heavy (non-hydrogen) atoms. The van der Waals surface area contributed by atoms with Gasteiger partial charge in [-0.15, -0.1) is 0 Å². The first kappa shape index (κ1) is 11.2. The van der Waals surface area contributed by atoms with E-state index in [0.29, 0.717) is 18.4 Å². The molecule has 0 saturated carbocycles. The molecule has 0 unspecified atom stereocenters. The first-order chi connectivity index (χ1) is 7.50. The summed E-state index contributed by atoms with van der Waals surface area (Å²) in [6, 6.07) is 0. The van der Waals surface area contributed by atoms with Crippen molar-refractivity contribution in [1.29, 1.82) is 0 Å². The Balaban J connectivity index is 2.22. The van der Waals surface area contributed by atoms with Gasteiger partial charge in [-0.2, -0.15) is 0 Å². The number of fused-ring (bicyclic) bond motifs is 1. The largest absolute Gasteiger partial charge is 0.478 e. The highest BCUT2D eigenvalue weighted by atomic mass is 16.6. The Morgan fingerprint density at radius 1 is 1.50 bits per heavy atom. The second-order valence-corrected chi connectivity index (χ2v) is 4.76. The quantitative estimate of drug-likeness (QED) is 0.687. The van der Waals surface area contributed by atoms with Crippen molar-refractivity contribution in [3.05, 3.63) is 11.6 Å². The molecule has 0 amide bonds. The van der Waals surface area contributed by atoms with Crippen molar-refractivity contribution in [1.82, 2.24) is 0 Å². The Bertz CT molecular complexity index is 358. The van der Waals surface area contributed by atoms with Crippen LogP contribution < -0.4 is 0 Å². The maximum Gasteiger partial charge on any atom is 0.331 e. The van der Waals surface area contributed by atoms with Crippen molar-refractivity contribution in [3.8, 4) is 0 Å². The molecule has 0 bridgehead atoms. The van der Waals surface area contributed by atoms with Crippen LogP contribution in [-0.4, -0.2) is 23.1 Å². The molecular weight excluding hydrogens is 208 g/mol. The molecule has 1 fully saturated rings. The van der Waals surface area contributed by atoms with E-state index >= 15 is 0 Å². The molecule has 0 aromatic heterocycles. The number of esters is 1. The topological polar surface area (TPSA) is 63.6 Å². The molecule has 4 heteroatoms. The number of rotatable bonds is 1. The number of carbonyl (C=O) groups is 2. The highest BCUT2D eigenvalue weighted by Crippen LogP contribution is 2.38. The van der Waals surface area contributed by atoms with E-state index in [2.05, 4.69) is 0 Å². The van der Waals surface area contributed by atoms with Crippen LogP contribution >= 0.6 is 0 Å². The van der Waals surface area contributed by atoms with Gasteiger partial charge in [0, 0.05) is 11.5 Å². The van der Waals surface area contributed by atoms with Gasteiger partial charge in [-0.05, 0) is 18.8 Å². The number of aliphatic carboxylic acids is 1. The van der Waals surface area contributed by atoms with E-state index in [1.165, 1.54) is 0 Å². The average Bonchev–Trinajstić information content (AvgIpc) is 2.38. The van der Waals surface area contributed by atoms with Gasteiger partial charge in [0.05, 0.1) is 5.92 Å². The van der Waals surface area contributed by atoms with Crippen molar-refractivity contribution in [2.75, 3.05) is 0 Å². The summed E-state index contributed by atoms with van der Waals surface area (Å²) in [5.74, 6) is -1.01. The Hall–Kier alpha value is -1.32. The smallest absolute Gasteiger partial charge is 0.331 e. The molecule has 1 saturated heterocycles. The van der Waals surface area contributed by atoms with E-state index in [-0.39, 0.29) is 29.8 Å². The Labute approximate surface area is 94.3 Å². The molecule has 1 aliphatic carbocycles. The molecule has 1 heterocycles. The van der Waals surface area contributed by atoms with Gasteiger partial charge in [-0.3, -0.25) is 4.79 Å². The molecule has 88 valence electrons. The van der Waals surface area contributed by atoms with Gasteiger partial charge in [-0.25, -0.2) is 4.79 Å². The third-order valence-corrected chi connectivity index (χ3v) is 3.73. The first-order valence-corrected chi connectivity index (χ1v) is 5.64. The van der Waals surface area contributed by atoms with Gasteiger partial charge < -0.3 is 9.84 Å². The molecular formula is C12H16O4. The number of ether oxygens (including phenoxy) is 1. The summed E-state index contributed by atoms with van der Waals surface area (Å²) >= 11 is 0. The van der Waals surface area contributed by atoms with E-state index in [9.17, 15) is 9.59 Å². The lowest BCUT2D eigenvalue weighted by atomic mass is 9.87. The summed E-state index contributed by atoms with van der Waals surface area (Å²) in [6.07, 6.45) is 2.91. The Morgan fingerprint density at radius 3 is 2.81 bits per heavy atom. The van der Waals surface area contributed by atoms with E-state index in [1.54, 1.807) is 6.08 Å². The monoisotopic (exact) mass is 224 g/mol. The fourth-order valence-electron chi connectivity index (χ4n) is 2.66. The number of carboxylic acids is 1. The second kappa shape index (κ2) is 3.92. The van der Waals surface area contributed by atoms with Gasteiger partial charge in [-0.1, -0.05) is 19.9 Å². The molecule has 4 nitrogen and oxygen atoms in total. The predicted octanol–water partition coefficient (Wildman–Crippen LogP) is 1.60. The molecule has 1 N–H and O–H groups in total. The van der Waals surface area contributed by atoms with Crippen molar-refractivity contribution in [2.45, 2.75) is 32.8 Å². The molecule has 1 aliphatic heterocycles.